The number of benzene rings is 2. The lowest BCUT2D eigenvalue weighted by Crippen LogP contribution is -2.45. The zero-order chi connectivity index (χ0) is 17.8. The van der Waals surface area contributed by atoms with Gasteiger partial charge in [0, 0.05) is 11.6 Å². The summed E-state index contributed by atoms with van der Waals surface area (Å²) in [5.41, 5.74) is -0.325. The van der Waals surface area contributed by atoms with Crippen LogP contribution in [-0.4, -0.2) is 28.1 Å². The maximum Gasteiger partial charge on any atom is 0.313 e. The van der Waals surface area contributed by atoms with Crippen molar-refractivity contribution in [3.05, 3.63) is 57.1 Å². The molecule has 0 aromatic heterocycles. The number of phenols is 1. The van der Waals surface area contributed by atoms with Crippen LogP contribution in [-0.2, 0) is 0 Å². The summed E-state index contributed by atoms with van der Waals surface area (Å²) in [6, 6.07) is 9.45. The lowest BCUT2D eigenvalue weighted by atomic mass is 10.1. The van der Waals surface area contributed by atoms with Crippen LogP contribution in [0.1, 0.15) is 23.2 Å². The van der Waals surface area contributed by atoms with Crippen LogP contribution in [0.3, 0.4) is 0 Å². The molecule has 1 spiro atoms. The zero-order valence-corrected chi connectivity index (χ0v) is 13.7. The number of hydrogen-bond donors (Lipinski definition) is 1. The van der Waals surface area contributed by atoms with Crippen molar-refractivity contribution < 1.29 is 19.6 Å². The second kappa shape index (κ2) is 5.35. The zero-order valence-electron chi connectivity index (χ0n) is 12.9. The number of phenolic OH excluding ortho intramolecular Hbond substituents is 1. The number of para-hydroxylation sites is 2. The summed E-state index contributed by atoms with van der Waals surface area (Å²) in [4.78, 5) is 24.9. The highest BCUT2D eigenvalue weighted by Gasteiger charge is 2.51. The Morgan fingerprint density at radius 2 is 2.04 bits per heavy atom. The summed E-state index contributed by atoms with van der Waals surface area (Å²) < 4.78 is 5.98. The molecule has 1 heterocycles. The Kier molecular flexibility index (Phi) is 3.36. The fourth-order valence-electron chi connectivity index (χ4n) is 2.99. The van der Waals surface area contributed by atoms with Crippen molar-refractivity contribution in [3.63, 3.8) is 0 Å². The standard InChI is InChI=1S/C17H13ClN2O5/c18-11-7-10(8-13(15(11)21)20(23)24)16(22)19-9-17(5-6-17)25-14-4-2-1-3-12(14)19/h1-4,7-8,21H,5-6,9H2. The third-order valence-electron chi connectivity index (χ3n) is 4.47. The van der Waals surface area contributed by atoms with E-state index in [1.165, 1.54) is 6.07 Å². The summed E-state index contributed by atoms with van der Waals surface area (Å²) in [5.74, 6) is -0.463. The number of ether oxygens (including phenoxy) is 1. The van der Waals surface area contributed by atoms with E-state index in [1.54, 1.807) is 23.1 Å². The smallest absolute Gasteiger partial charge is 0.313 e. The number of carbonyl (C=O) groups excluding carboxylic acids is 1. The molecule has 1 saturated carbocycles. The lowest BCUT2D eigenvalue weighted by molar-refractivity contribution is -0.385. The van der Waals surface area contributed by atoms with E-state index in [0.717, 1.165) is 18.9 Å². The van der Waals surface area contributed by atoms with Crippen molar-refractivity contribution in [2.45, 2.75) is 18.4 Å². The number of nitro groups is 1. The highest BCUT2D eigenvalue weighted by atomic mass is 35.5. The number of rotatable bonds is 2. The molecule has 4 rings (SSSR count). The van der Waals surface area contributed by atoms with E-state index in [2.05, 4.69) is 0 Å². The normalized spacial score (nSPS) is 16.9. The number of halogens is 1. The molecule has 8 heteroatoms. The van der Waals surface area contributed by atoms with Gasteiger partial charge in [-0.25, -0.2) is 0 Å². The molecule has 2 aliphatic rings. The lowest BCUT2D eigenvalue weighted by Gasteiger charge is -2.35. The largest absolute Gasteiger partial charge is 0.501 e. The van der Waals surface area contributed by atoms with E-state index in [4.69, 9.17) is 16.3 Å². The van der Waals surface area contributed by atoms with Gasteiger partial charge in [-0.1, -0.05) is 23.7 Å². The molecule has 7 nitrogen and oxygen atoms in total. The highest BCUT2D eigenvalue weighted by molar-refractivity contribution is 6.33. The van der Waals surface area contributed by atoms with Crippen molar-refractivity contribution in [1.29, 1.82) is 0 Å². The Labute approximate surface area is 147 Å². The van der Waals surface area contributed by atoms with Gasteiger partial charge in [-0.15, -0.1) is 0 Å². The number of amides is 1. The number of carbonyl (C=O) groups is 1. The molecule has 2 aromatic rings. The van der Waals surface area contributed by atoms with Gasteiger partial charge in [0.25, 0.3) is 5.91 Å². The van der Waals surface area contributed by atoms with Crippen molar-refractivity contribution in [2.24, 2.45) is 0 Å². The van der Waals surface area contributed by atoms with E-state index in [1.807, 2.05) is 6.07 Å². The first-order valence-electron chi connectivity index (χ1n) is 7.67. The summed E-state index contributed by atoms with van der Waals surface area (Å²) in [5, 5.41) is 20.6. The van der Waals surface area contributed by atoms with Crippen LogP contribution in [0.4, 0.5) is 11.4 Å². The Bertz CT molecular complexity index is 910. The molecule has 1 amide bonds. The van der Waals surface area contributed by atoms with Crippen LogP contribution < -0.4 is 9.64 Å². The molecular formula is C17H13ClN2O5. The van der Waals surface area contributed by atoms with Crippen molar-refractivity contribution >= 4 is 28.9 Å². The Morgan fingerprint density at radius 3 is 2.72 bits per heavy atom. The summed E-state index contributed by atoms with van der Waals surface area (Å²) in [6.07, 6.45) is 1.70. The molecule has 0 unspecified atom stereocenters. The Balaban J connectivity index is 1.78. The molecule has 0 saturated heterocycles. The van der Waals surface area contributed by atoms with E-state index < -0.39 is 22.3 Å². The Hall–Kier alpha value is -2.80. The number of anilines is 1. The summed E-state index contributed by atoms with van der Waals surface area (Å²) >= 11 is 5.86. The van der Waals surface area contributed by atoms with Crippen molar-refractivity contribution in [1.82, 2.24) is 0 Å². The monoisotopic (exact) mass is 360 g/mol. The molecule has 25 heavy (non-hydrogen) atoms. The number of aromatic hydroxyl groups is 1. The van der Waals surface area contributed by atoms with Crippen LogP contribution in [0.5, 0.6) is 11.5 Å². The topological polar surface area (TPSA) is 92.9 Å². The van der Waals surface area contributed by atoms with Crippen LogP contribution in [0, 0.1) is 10.1 Å². The molecular weight excluding hydrogens is 348 g/mol. The number of hydrogen-bond acceptors (Lipinski definition) is 5. The molecule has 1 N–H and O–H groups in total. The fourth-order valence-corrected chi connectivity index (χ4v) is 3.20. The minimum Gasteiger partial charge on any atom is -0.501 e. The van der Waals surface area contributed by atoms with Gasteiger partial charge < -0.3 is 14.7 Å². The Morgan fingerprint density at radius 1 is 1.32 bits per heavy atom. The third-order valence-corrected chi connectivity index (χ3v) is 4.76. The first-order chi connectivity index (χ1) is 11.9. The molecule has 2 aromatic carbocycles. The summed E-state index contributed by atoms with van der Waals surface area (Å²) in [6.45, 7) is 0.370. The number of nitrogens with zero attached hydrogens (tertiary/aromatic N) is 2. The van der Waals surface area contributed by atoms with E-state index in [0.29, 0.717) is 18.0 Å². The minimum absolute atomic E-state index is 0.0435. The van der Waals surface area contributed by atoms with Crippen LogP contribution in [0.2, 0.25) is 5.02 Å². The molecule has 0 radical (unpaired) electrons. The van der Waals surface area contributed by atoms with Gasteiger partial charge in [0.15, 0.2) is 0 Å². The summed E-state index contributed by atoms with van der Waals surface area (Å²) in [7, 11) is 0. The number of nitro benzene ring substituents is 1. The van der Waals surface area contributed by atoms with Gasteiger partial charge in [0.05, 0.1) is 22.2 Å². The van der Waals surface area contributed by atoms with Gasteiger partial charge in [-0.2, -0.15) is 0 Å². The number of fused-ring (bicyclic) bond motifs is 1. The van der Waals surface area contributed by atoms with Crippen LogP contribution in [0.15, 0.2) is 36.4 Å². The second-order valence-corrected chi connectivity index (χ2v) is 6.63. The van der Waals surface area contributed by atoms with E-state index in [-0.39, 0.29) is 16.2 Å². The molecule has 1 fully saturated rings. The average Bonchev–Trinajstić information content (AvgIpc) is 3.34. The third kappa shape index (κ3) is 2.56. The molecule has 0 atom stereocenters. The van der Waals surface area contributed by atoms with Gasteiger partial charge in [0.2, 0.25) is 5.75 Å². The predicted molar refractivity (Wildman–Crippen MR) is 90.5 cm³/mol. The fraction of sp³-hybridized carbons (Fsp3) is 0.235. The maximum absolute atomic E-state index is 13.0. The second-order valence-electron chi connectivity index (χ2n) is 6.23. The minimum atomic E-state index is -0.770. The average molecular weight is 361 g/mol. The first-order valence-corrected chi connectivity index (χ1v) is 8.05. The molecule has 1 aliphatic carbocycles. The molecule has 128 valence electrons. The molecule has 0 bridgehead atoms. The van der Waals surface area contributed by atoms with Crippen LogP contribution in [0.25, 0.3) is 0 Å². The first kappa shape index (κ1) is 15.7. The highest BCUT2D eigenvalue weighted by Crippen LogP contribution is 2.48. The van der Waals surface area contributed by atoms with Gasteiger partial charge >= 0.3 is 5.69 Å². The quantitative estimate of drug-likeness (QED) is 0.653. The predicted octanol–water partition coefficient (Wildman–Crippen LogP) is 3.53. The van der Waals surface area contributed by atoms with E-state index >= 15 is 0 Å². The molecule has 1 aliphatic heterocycles. The maximum atomic E-state index is 13.0. The SMILES string of the molecule is O=C(c1cc(Cl)c(O)c([N+](=O)[O-])c1)N1CC2(CC2)Oc2ccccc21. The van der Waals surface area contributed by atoms with Crippen molar-refractivity contribution in [2.75, 3.05) is 11.4 Å². The van der Waals surface area contributed by atoms with Gasteiger partial charge in [0.1, 0.15) is 11.4 Å². The van der Waals surface area contributed by atoms with E-state index in [9.17, 15) is 20.0 Å². The van der Waals surface area contributed by atoms with Crippen LogP contribution >= 0.6 is 11.6 Å². The van der Waals surface area contributed by atoms with Crippen molar-refractivity contribution in [3.8, 4) is 11.5 Å². The van der Waals surface area contributed by atoms with Gasteiger partial charge in [-0.3, -0.25) is 14.9 Å². The van der Waals surface area contributed by atoms with Gasteiger partial charge in [-0.05, 0) is 31.0 Å².